The Kier molecular flexibility index (Phi) is 5.76. The molecule has 2 aromatic carbocycles. The van der Waals surface area contributed by atoms with Crippen molar-refractivity contribution in [3.8, 4) is 6.07 Å². The summed E-state index contributed by atoms with van der Waals surface area (Å²) >= 11 is 0. The number of nitrogens with one attached hydrogen (secondary N) is 1. The highest BCUT2D eigenvalue weighted by Gasteiger charge is 2.36. The zero-order valence-corrected chi connectivity index (χ0v) is 14.5. The van der Waals surface area contributed by atoms with Crippen LogP contribution in [0.4, 0.5) is 5.69 Å². The second-order valence-electron chi connectivity index (χ2n) is 6.52. The normalized spacial score (nSPS) is 13.1. The van der Waals surface area contributed by atoms with Gasteiger partial charge < -0.3 is 5.32 Å². The van der Waals surface area contributed by atoms with E-state index in [1.165, 1.54) is 0 Å². The number of amides is 1. The van der Waals surface area contributed by atoms with Crippen LogP contribution in [0.2, 0.25) is 0 Å². The van der Waals surface area contributed by atoms with Gasteiger partial charge in [-0.3, -0.25) is 4.79 Å². The maximum atomic E-state index is 12.3. The molecular weight excluding hydrogens is 296 g/mol. The number of hydrogen-bond acceptors (Lipinski definition) is 2. The summed E-state index contributed by atoms with van der Waals surface area (Å²) < 4.78 is 0. The molecule has 0 aliphatic carbocycles. The minimum Gasteiger partial charge on any atom is -0.326 e. The van der Waals surface area contributed by atoms with E-state index in [1.54, 1.807) is 0 Å². The predicted octanol–water partition coefficient (Wildman–Crippen LogP) is 4.83. The molecule has 124 valence electrons. The molecule has 0 aromatic heterocycles. The number of aryl methyl sites for hydroxylation is 1. The number of benzene rings is 2. The predicted molar refractivity (Wildman–Crippen MR) is 97.6 cm³/mol. The maximum absolute atomic E-state index is 12.3. The van der Waals surface area contributed by atoms with Crippen LogP contribution in [0.1, 0.15) is 37.8 Å². The molecule has 0 fully saturated rings. The summed E-state index contributed by atoms with van der Waals surface area (Å²) in [6.45, 7) is 6.08. The molecule has 0 saturated carbocycles. The molecule has 1 atom stereocenters. The molecule has 24 heavy (non-hydrogen) atoms. The summed E-state index contributed by atoms with van der Waals surface area (Å²) in [7, 11) is 0. The van der Waals surface area contributed by atoms with Gasteiger partial charge in [-0.05, 0) is 37.0 Å². The van der Waals surface area contributed by atoms with Crippen LogP contribution in [0, 0.1) is 24.2 Å². The quantitative estimate of drug-likeness (QED) is 0.828. The van der Waals surface area contributed by atoms with Crippen LogP contribution in [0.3, 0.4) is 0 Å². The highest BCUT2D eigenvalue weighted by molar-refractivity contribution is 5.90. The third-order valence-electron chi connectivity index (χ3n) is 4.56. The van der Waals surface area contributed by atoms with Crippen molar-refractivity contribution in [2.45, 2.75) is 39.0 Å². The van der Waals surface area contributed by atoms with Crippen LogP contribution in [0.5, 0.6) is 0 Å². The SMILES string of the molecule is Cc1ccc(NC(=O)CC[C@@](C#N)(c2ccccc2)C(C)C)cc1. The summed E-state index contributed by atoms with van der Waals surface area (Å²) in [5.74, 6) is 0.0622. The second kappa shape index (κ2) is 7.79. The molecule has 0 aliphatic rings. The van der Waals surface area contributed by atoms with Crippen LogP contribution < -0.4 is 5.32 Å². The average molecular weight is 320 g/mol. The molecule has 1 N–H and O–H groups in total. The summed E-state index contributed by atoms with van der Waals surface area (Å²) in [6.07, 6.45) is 0.817. The fraction of sp³-hybridized carbons (Fsp3) is 0.333. The molecule has 0 aliphatic heterocycles. The highest BCUT2D eigenvalue weighted by Crippen LogP contribution is 2.36. The van der Waals surface area contributed by atoms with E-state index in [0.29, 0.717) is 12.8 Å². The van der Waals surface area contributed by atoms with Gasteiger partial charge in [0.25, 0.3) is 0 Å². The first-order valence-electron chi connectivity index (χ1n) is 8.31. The number of hydrogen-bond donors (Lipinski definition) is 1. The summed E-state index contributed by atoms with van der Waals surface area (Å²) in [4.78, 5) is 12.3. The Morgan fingerprint density at radius 2 is 1.75 bits per heavy atom. The smallest absolute Gasteiger partial charge is 0.224 e. The Labute approximate surface area is 144 Å². The largest absolute Gasteiger partial charge is 0.326 e. The average Bonchev–Trinajstić information content (AvgIpc) is 2.58. The van der Waals surface area contributed by atoms with Crippen molar-refractivity contribution in [2.24, 2.45) is 5.92 Å². The van der Waals surface area contributed by atoms with Crippen molar-refractivity contribution in [1.29, 1.82) is 5.26 Å². The van der Waals surface area contributed by atoms with Crippen LogP contribution in [0.25, 0.3) is 0 Å². The van der Waals surface area contributed by atoms with Crippen molar-refractivity contribution in [2.75, 3.05) is 5.32 Å². The Hall–Kier alpha value is -2.60. The van der Waals surface area contributed by atoms with E-state index in [0.717, 1.165) is 16.8 Å². The van der Waals surface area contributed by atoms with Crippen molar-refractivity contribution in [3.05, 3.63) is 65.7 Å². The van der Waals surface area contributed by atoms with Gasteiger partial charge in [0, 0.05) is 12.1 Å². The third kappa shape index (κ3) is 4.02. The van der Waals surface area contributed by atoms with Gasteiger partial charge in [-0.2, -0.15) is 5.26 Å². The standard InChI is InChI=1S/C21H24N2O/c1-16(2)21(15-22,18-7-5-4-6-8-18)14-13-20(24)23-19-11-9-17(3)10-12-19/h4-12,16H,13-14H2,1-3H3,(H,23,24)/t21-/m0/s1. The Bertz CT molecular complexity index is 714. The van der Waals surface area contributed by atoms with Crippen molar-refractivity contribution in [1.82, 2.24) is 0 Å². The maximum Gasteiger partial charge on any atom is 0.224 e. The lowest BCUT2D eigenvalue weighted by atomic mass is 9.70. The van der Waals surface area contributed by atoms with Gasteiger partial charge in [-0.25, -0.2) is 0 Å². The highest BCUT2D eigenvalue weighted by atomic mass is 16.1. The topological polar surface area (TPSA) is 52.9 Å². The summed E-state index contributed by atoms with van der Waals surface area (Å²) in [5.41, 5.74) is 2.27. The van der Waals surface area contributed by atoms with E-state index >= 15 is 0 Å². The van der Waals surface area contributed by atoms with Gasteiger partial charge in [-0.1, -0.05) is 61.9 Å². The molecule has 0 bridgehead atoms. The number of nitrogens with zero attached hydrogens (tertiary/aromatic N) is 1. The molecule has 2 rings (SSSR count). The van der Waals surface area contributed by atoms with E-state index in [1.807, 2.05) is 75.4 Å². The fourth-order valence-electron chi connectivity index (χ4n) is 2.92. The molecule has 1 amide bonds. The second-order valence-corrected chi connectivity index (χ2v) is 6.52. The molecular formula is C21H24N2O. The molecule has 2 aromatic rings. The lowest BCUT2D eigenvalue weighted by Gasteiger charge is -2.31. The van der Waals surface area contributed by atoms with Gasteiger partial charge in [0.15, 0.2) is 0 Å². The molecule has 0 heterocycles. The van der Waals surface area contributed by atoms with E-state index in [-0.39, 0.29) is 11.8 Å². The van der Waals surface area contributed by atoms with Gasteiger partial charge in [0.2, 0.25) is 5.91 Å². The van der Waals surface area contributed by atoms with Gasteiger partial charge >= 0.3 is 0 Å². The zero-order valence-electron chi connectivity index (χ0n) is 14.5. The Balaban J connectivity index is 2.09. The lowest BCUT2D eigenvalue weighted by molar-refractivity contribution is -0.116. The summed E-state index contributed by atoms with van der Waals surface area (Å²) in [5, 5.41) is 12.8. The van der Waals surface area contributed by atoms with Crippen LogP contribution in [-0.4, -0.2) is 5.91 Å². The van der Waals surface area contributed by atoms with E-state index in [9.17, 15) is 10.1 Å². The monoisotopic (exact) mass is 320 g/mol. The Morgan fingerprint density at radius 3 is 2.29 bits per heavy atom. The zero-order chi connectivity index (χ0) is 17.6. The number of carbonyl (C=O) groups is 1. The molecule has 3 heteroatoms. The molecule has 0 saturated heterocycles. The van der Waals surface area contributed by atoms with E-state index < -0.39 is 5.41 Å². The molecule has 0 radical (unpaired) electrons. The van der Waals surface area contributed by atoms with E-state index in [4.69, 9.17) is 0 Å². The summed E-state index contributed by atoms with van der Waals surface area (Å²) in [6, 6.07) is 20.0. The number of anilines is 1. The van der Waals surface area contributed by atoms with Gasteiger partial charge in [-0.15, -0.1) is 0 Å². The number of carbonyl (C=O) groups excluding carboxylic acids is 1. The molecule has 3 nitrogen and oxygen atoms in total. The minimum absolute atomic E-state index is 0.0601. The van der Waals surface area contributed by atoms with Crippen molar-refractivity contribution >= 4 is 11.6 Å². The van der Waals surface area contributed by atoms with Crippen molar-refractivity contribution in [3.63, 3.8) is 0 Å². The first-order valence-corrected chi connectivity index (χ1v) is 8.31. The molecule has 0 unspecified atom stereocenters. The molecule has 0 spiro atoms. The first kappa shape index (κ1) is 17.7. The van der Waals surface area contributed by atoms with E-state index in [2.05, 4.69) is 11.4 Å². The van der Waals surface area contributed by atoms with Crippen LogP contribution >= 0.6 is 0 Å². The van der Waals surface area contributed by atoms with Crippen molar-refractivity contribution < 1.29 is 4.79 Å². The Morgan fingerprint density at radius 1 is 1.12 bits per heavy atom. The van der Waals surface area contributed by atoms with Crippen LogP contribution in [0.15, 0.2) is 54.6 Å². The van der Waals surface area contributed by atoms with Crippen LogP contribution in [-0.2, 0) is 10.2 Å². The third-order valence-corrected chi connectivity index (χ3v) is 4.56. The van der Waals surface area contributed by atoms with Gasteiger partial charge in [0.1, 0.15) is 0 Å². The first-order chi connectivity index (χ1) is 11.5. The fourth-order valence-corrected chi connectivity index (χ4v) is 2.92. The minimum atomic E-state index is -0.647. The number of rotatable bonds is 6. The number of nitriles is 1. The van der Waals surface area contributed by atoms with Gasteiger partial charge in [0.05, 0.1) is 11.5 Å². The lowest BCUT2D eigenvalue weighted by Crippen LogP contribution is -2.32.